The maximum atomic E-state index is 5.94. The molecule has 2 unspecified atom stereocenters. The minimum absolute atomic E-state index is 0.177. The summed E-state index contributed by atoms with van der Waals surface area (Å²) >= 11 is 5.94. The highest BCUT2D eigenvalue weighted by Crippen LogP contribution is 2.46. The van der Waals surface area contributed by atoms with Crippen LogP contribution in [0.15, 0.2) is 4.52 Å². The zero-order chi connectivity index (χ0) is 11.8. The van der Waals surface area contributed by atoms with E-state index in [2.05, 4.69) is 24.0 Å². The molecule has 1 saturated carbocycles. The highest BCUT2D eigenvalue weighted by Gasteiger charge is 2.37. The predicted octanol–water partition coefficient (Wildman–Crippen LogP) is 4.05. The van der Waals surface area contributed by atoms with Gasteiger partial charge >= 0.3 is 0 Å². The van der Waals surface area contributed by atoms with E-state index >= 15 is 0 Å². The fraction of sp³-hybridized carbons (Fsp3) is 0.833. The molecule has 0 spiro atoms. The molecular formula is C12H19ClN2O. The molecule has 2 rings (SSSR count). The van der Waals surface area contributed by atoms with Gasteiger partial charge < -0.3 is 4.52 Å². The molecule has 2 atom stereocenters. The number of aromatic nitrogens is 2. The van der Waals surface area contributed by atoms with Gasteiger partial charge in [-0.2, -0.15) is 4.98 Å². The highest BCUT2D eigenvalue weighted by molar-refractivity contribution is 6.20. The molecule has 1 aromatic heterocycles. The summed E-state index contributed by atoms with van der Waals surface area (Å²) in [6, 6.07) is 0. The molecule has 1 aromatic rings. The lowest BCUT2D eigenvalue weighted by molar-refractivity contribution is 0.164. The van der Waals surface area contributed by atoms with Crippen LogP contribution in [0.1, 0.15) is 69.5 Å². The molecule has 0 radical (unpaired) electrons. The standard InChI is InChI=1S/C12H19ClN2O/c1-8(13)10-14-11(16-15-10)9-6-4-5-7-12(9,2)3/h8-9H,4-7H2,1-3H3. The van der Waals surface area contributed by atoms with E-state index in [0.29, 0.717) is 11.7 Å². The first kappa shape index (κ1) is 11.9. The molecule has 4 heteroatoms. The molecule has 1 aliphatic carbocycles. The predicted molar refractivity (Wildman–Crippen MR) is 63.6 cm³/mol. The maximum absolute atomic E-state index is 5.94. The fourth-order valence-electron chi connectivity index (χ4n) is 2.50. The minimum Gasteiger partial charge on any atom is -0.339 e. The summed E-state index contributed by atoms with van der Waals surface area (Å²) in [5, 5.41) is 3.76. The Morgan fingerprint density at radius 2 is 2.19 bits per heavy atom. The van der Waals surface area contributed by atoms with Crippen LogP contribution < -0.4 is 0 Å². The van der Waals surface area contributed by atoms with Crippen LogP contribution in [0.2, 0.25) is 0 Å². The third-order valence-electron chi connectivity index (χ3n) is 3.62. The average molecular weight is 243 g/mol. The molecular weight excluding hydrogens is 224 g/mol. The second-order valence-electron chi connectivity index (χ2n) is 5.39. The summed E-state index contributed by atoms with van der Waals surface area (Å²) in [7, 11) is 0. The van der Waals surface area contributed by atoms with Gasteiger partial charge in [-0.1, -0.05) is 31.8 Å². The molecule has 0 aliphatic heterocycles. The van der Waals surface area contributed by atoms with Gasteiger partial charge in [-0.05, 0) is 25.2 Å². The van der Waals surface area contributed by atoms with Crippen LogP contribution in [0, 0.1) is 5.41 Å². The van der Waals surface area contributed by atoms with Gasteiger partial charge in [0.05, 0.1) is 5.38 Å². The van der Waals surface area contributed by atoms with Crippen LogP contribution in [-0.2, 0) is 0 Å². The van der Waals surface area contributed by atoms with Gasteiger partial charge in [0.15, 0.2) is 5.82 Å². The van der Waals surface area contributed by atoms with Gasteiger partial charge in [0, 0.05) is 5.92 Å². The average Bonchev–Trinajstić information content (AvgIpc) is 2.65. The van der Waals surface area contributed by atoms with Crippen molar-refractivity contribution < 1.29 is 4.52 Å². The molecule has 0 amide bonds. The third-order valence-corrected chi connectivity index (χ3v) is 3.81. The van der Waals surface area contributed by atoms with E-state index in [1.807, 2.05) is 6.92 Å². The van der Waals surface area contributed by atoms with E-state index in [1.165, 1.54) is 19.3 Å². The number of alkyl halides is 1. The molecule has 16 heavy (non-hydrogen) atoms. The molecule has 90 valence electrons. The second kappa shape index (κ2) is 4.36. The Bertz CT molecular complexity index is 360. The molecule has 0 bridgehead atoms. The third kappa shape index (κ3) is 2.24. The summed E-state index contributed by atoms with van der Waals surface area (Å²) in [4.78, 5) is 4.42. The Kier molecular flexibility index (Phi) is 3.24. The Labute approximate surface area is 102 Å². The lowest BCUT2D eigenvalue weighted by Gasteiger charge is -2.36. The number of rotatable bonds is 2. The van der Waals surface area contributed by atoms with Gasteiger partial charge in [-0.15, -0.1) is 11.6 Å². The molecule has 0 saturated heterocycles. The van der Waals surface area contributed by atoms with Crippen LogP contribution in [0.4, 0.5) is 0 Å². The van der Waals surface area contributed by atoms with Gasteiger partial charge in [-0.25, -0.2) is 0 Å². The largest absolute Gasteiger partial charge is 0.339 e. The first-order chi connectivity index (χ1) is 7.50. The number of halogens is 1. The van der Waals surface area contributed by atoms with E-state index in [4.69, 9.17) is 16.1 Å². The van der Waals surface area contributed by atoms with Gasteiger partial charge in [0.1, 0.15) is 0 Å². The van der Waals surface area contributed by atoms with Crippen LogP contribution in [0.25, 0.3) is 0 Å². The summed E-state index contributed by atoms with van der Waals surface area (Å²) < 4.78 is 5.36. The van der Waals surface area contributed by atoms with Crippen molar-refractivity contribution in [3.8, 4) is 0 Å². The zero-order valence-corrected chi connectivity index (χ0v) is 10.9. The monoisotopic (exact) mass is 242 g/mol. The number of hydrogen-bond donors (Lipinski definition) is 0. The van der Waals surface area contributed by atoms with Crippen LogP contribution in [-0.4, -0.2) is 10.1 Å². The topological polar surface area (TPSA) is 38.9 Å². The lowest BCUT2D eigenvalue weighted by atomic mass is 9.69. The van der Waals surface area contributed by atoms with Gasteiger partial charge in [0.25, 0.3) is 0 Å². The van der Waals surface area contributed by atoms with Crippen molar-refractivity contribution in [3.05, 3.63) is 11.7 Å². The Morgan fingerprint density at radius 1 is 1.44 bits per heavy atom. The summed E-state index contributed by atoms with van der Waals surface area (Å²) in [6.07, 6.45) is 4.93. The fourth-order valence-corrected chi connectivity index (χ4v) is 2.59. The van der Waals surface area contributed by atoms with Crippen molar-refractivity contribution in [2.45, 2.75) is 57.7 Å². The summed E-state index contributed by atoms with van der Waals surface area (Å²) in [6.45, 7) is 6.43. The van der Waals surface area contributed by atoms with Crippen molar-refractivity contribution in [2.24, 2.45) is 5.41 Å². The summed E-state index contributed by atoms with van der Waals surface area (Å²) in [5.41, 5.74) is 0.262. The van der Waals surface area contributed by atoms with Crippen molar-refractivity contribution >= 4 is 11.6 Å². The van der Waals surface area contributed by atoms with Gasteiger partial charge in [-0.3, -0.25) is 0 Å². The second-order valence-corrected chi connectivity index (χ2v) is 6.05. The summed E-state index contributed by atoms with van der Waals surface area (Å²) in [5.74, 6) is 1.77. The molecule has 0 N–H and O–H groups in total. The Hall–Kier alpha value is -0.570. The molecule has 3 nitrogen and oxygen atoms in total. The van der Waals surface area contributed by atoms with E-state index in [-0.39, 0.29) is 10.8 Å². The van der Waals surface area contributed by atoms with Gasteiger partial charge in [0.2, 0.25) is 5.89 Å². The lowest BCUT2D eigenvalue weighted by Crippen LogP contribution is -2.26. The van der Waals surface area contributed by atoms with E-state index in [9.17, 15) is 0 Å². The normalized spacial score (nSPS) is 26.6. The van der Waals surface area contributed by atoms with E-state index in [0.717, 1.165) is 12.3 Å². The van der Waals surface area contributed by atoms with Crippen LogP contribution >= 0.6 is 11.6 Å². The molecule has 1 aliphatic rings. The zero-order valence-electron chi connectivity index (χ0n) is 10.2. The smallest absolute Gasteiger partial charge is 0.230 e. The van der Waals surface area contributed by atoms with E-state index < -0.39 is 0 Å². The number of nitrogens with zero attached hydrogens (tertiary/aromatic N) is 2. The van der Waals surface area contributed by atoms with Crippen LogP contribution in [0.5, 0.6) is 0 Å². The van der Waals surface area contributed by atoms with Crippen molar-refractivity contribution in [2.75, 3.05) is 0 Å². The Morgan fingerprint density at radius 3 is 2.75 bits per heavy atom. The molecule has 1 fully saturated rings. The van der Waals surface area contributed by atoms with Crippen molar-refractivity contribution in [1.82, 2.24) is 10.1 Å². The first-order valence-electron chi connectivity index (χ1n) is 5.98. The maximum Gasteiger partial charge on any atom is 0.230 e. The van der Waals surface area contributed by atoms with Crippen molar-refractivity contribution in [1.29, 1.82) is 0 Å². The highest BCUT2D eigenvalue weighted by atomic mass is 35.5. The number of hydrogen-bond acceptors (Lipinski definition) is 3. The van der Waals surface area contributed by atoms with Crippen LogP contribution in [0.3, 0.4) is 0 Å². The molecule has 0 aromatic carbocycles. The minimum atomic E-state index is -0.177. The Balaban J connectivity index is 2.21. The van der Waals surface area contributed by atoms with E-state index in [1.54, 1.807) is 0 Å². The van der Waals surface area contributed by atoms with Crippen molar-refractivity contribution in [3.63, 3.8) is 0 Å². The quantitative estimate of drug-likeness (QED) is 0.735. The first-order valence-corrected chi connectivity index (χ1v) is 6.42. The SMILES string of the molecule is CC(Cl)c1noc(C2CCCCC2(C)C)n1. The molecule has 1 heterocycles.